The van der Waals surface area contributed by atoms with E-state index in [1.165, 1.54) is 0 Å². The van der Waals surface area contributed by atoms with E-state index in [9.17, 15) is 4.79 Å². The van der Waals surface area contributed by atoms with Gasteiger partial charge in [0, 0.05) is 18.8 Å². The lowest BCUT2D eigenvalue weighted by atomic mass is 9.98. The normalized spacial score (nSPS) is 10.6. The first kappa shape index (κ1) is 15.5. The fourth-order valence-corrected chi connectivity index (χ4v) is 1.88. The fraction of sp³-hybridized carbons (Fsp3) is 0.533. The van der Waals surface area contributed by atoms with E-state index in [-0.39, 0.29) is 6.03 Å². The summed E-state index contributed by atoms with van der Waals surface area (Å²) in [4.78, 5) is 11.8. The molecule has 1 aromatic carbocycles. The Bertz CT molecular complexity index is 417. The Labute approximate surface area is 115 Å². The summed E-state index contributed by atoms with van der Waals surface area (Å²) in [5.41, 5.74) is 3.14. The minimum absolute atomic E-state index is 0.184. The summed E-state index contributed by atoms with van der Waals surface area (Å²) in [5.74, 6) is 0.374. The second kappa shape index (κ2) is 7.79. The average molecular weight is 264 g/mol. The largest absolute Gasteiger partial charge is 0.380 e. The van der Waals surface area contributed by atoms with E-state index in [1.54, 1.807) is 0 Å². The van der Waals surface area contributed by atoms with Crippen LogP contribution in [0.15, 0.2) is 18.2 Å². The van der Waals surface area contributed by atoms with Gasteiger partial charge >= 0.3 is 6.03 Å². The SMILES string of the molecule is CCOCCNC(=O)Nc1c(C)cccc1C(C)C. The molecule has 19 heavy (non-hydrogen) atoms. The van der Waals surface area contributed by atoms with E-state index >= 15 is 0 Å². The van der Waals surface area contributed by atoms with Crippen LogP contribution in [0.5, 0.6) is 0 Å². The summed E-state index contributed by atoms with van der Waals surface area (Å²) < 4.78 is 5.18. The first-order valence-corrected chi connectivity index (χ1v) is 6.78. The molecule has 4 nitrogen and oxygen atoms in total. The van der Waals surface area contributed by atoms with E-state index in [0.717, 1.165) is 16.8 Å². The quantitative estimate of drug-likeness (QED) is 0.775. The highest BCUT2D eigenvalue weighted by molar-refractivity contribution is 5.91. The number of amides is 2. The first-order valence-electron chi connectivity index (χ1n) is 6.78. The summed E-state index contributed by atoms with van der Waals surface area (Å²) in [6, 6.07) is 5.88. The summed E-state index contributed by atoms with van der Waals surface area (Å²) in [5, 5.41) is 5.72. The maximum atomic E-state index is 11.8. The number of benzene rings is 1. The van der Waals surface area contributed by atoms with Gasteiger partial charge in [-0.25, -0.2) is 4.79 Å². The highest BCUT2D eigenvalue weighted by atomic mass is 16.5. The topological polar surface area (TPSA) is 50.4 Å². The molecule has 0 fully saturated rings. The molecule has 0 heterocycles. The van der Waals surface area contributed by atoms with Crippen molar-refractivity contribution in [2.75, 3.05) is 25.1 Å². The second-order valence-electron chi connectivity index (χ2n) is 4.77. The molecule has 0 aliphatic carbocycles. The number of carbonyl (C=O) groups is 1. The number of urea groups is 1. The lowest BCUT2D eigenvalue weighted by Gasteiger charge is -2.16. The molecular formula is C15H24N2O2. The first-order chi connectivity index (χ1) is 9.06. The smallest absolute Gasteiger partial charge is 0.319 e. The number of hydrogen-bond donors (Lipinski definition) is 2. The molecule has 4 heteroatoms. The van der Waals surface area contributed by atoms with Crippen molar-refractivity contribution >= 4 is 11.7 Å². The molecule has 106 valence electrons. The van der Waals surface area contributed by atoms with Crippen LogP contribution >= 0.6 is 0 Å². The Kier molecular flexibility index (Phi) is 6.36. The third kappa shape index (κ3) is 4.91. The van der Waals surface area contributed by atoms with Gasteiger partial charge in [0.2, 0.25) is 0 Å². The molecule has 0 aliphatic heterocycles. The van der Waals surface area contributed by atoms with E-state index in [1.807, 2.05) is 32.0 Å². The van der Waals surface area contributed by atoms with Crippen LogP contribution in [0.4, 0.5) is 10.5 Å². The van der Waals surface area contributed by atoms with Crippen LogP contribution < -0.4 is 10.6 Å². The van der Waals surface area contributed by atoms with Crippen LogP contribution in [-0.4, -0.2) is 25.8 Å². The molecule has 0 aliphatic rings. The van der Waals surface area contributed by atoms with Crippen LogP contribution in [0.3, 0.4) is 0 Å². The number of anilines is 1. The second-order valence-corrected chi connectivity index (χ2v) is 4.77. The van der Waals surface area contributed by atoms with Crippen molar-refractivity contribution < 1.29 is 9.53 Å². The minimum atomic E-state index is -0.184. The predicted octanol–water partition coefficient (Wildman–Crippen LogP) is 3.28. The van der Waals surface area contributed by atoms with Gasteiger partial charge < -0.3 is 15.4 Å². The van der Waals surface area contributed by atoms with E-state index in [0.29, 0.717) is 25.7 Å². The van der Waals surface area contributed by atoms with Gasteiger partial charge in [-0.1, -0.05) is 32.0 Å². The van der Waals surface area contributed by atoms with Crippen molar-refractivity contribution in [3.63, 3.8) is 0 Å². The van der Waals surface area contributed by atoms with Crippen molar-refractivity contribution in [3.05, 3.63) is 29.3 Å². The Morgan fingerprint density at radius 3 is 2.74 bits per heavy atom. The standard InChI is InChI=1S/C15H24N2O2/c1-5-19-10-9-16-15(18)17-14-12(4)7-6-8-13(14)11(2)3/h6-8,11H,5,9-10H2,1-4H3,(H2,16,17,18). The van der Waals surface area contributed by atoms with Gasteiger partial charge in [0.25, 0.3) is 0 Å². The molecule has 2 N–H and O–H groups in total. The van der Waals surface area contributed by atoms with Gasteiger partial charge in [0.05, 0.1) is 6.61 Å². The van der Waals surface area contributed by atoms with E-state index in [4.69, 9.17) is 4.74 Å². The molecule has 0 saturated heterocycles. The predicted molar refractivity (Wildman–Crippen MR) is 78.8 cm³/mol. The highest BCUT2D eigenvalue weighted by Crippen LogP contribution is 2.27. The molecule has 0 unspecified atom stereocenters. The number of aryl methyl sites for hydroxylation is 1. The van der Waals surface area contributed by atoms with Gasteiger partial charge in [-0.05, 0) is 30.9 Å². The van der Waals surface area contributed by atoms with Gasteiger partial charge in [-0.15, -0.1) is 0 Å². The Morgan fingerprint density at radius 2 is 2.11 bits per heavy atom. The number of carbonyl (C=O) groups excluding carboxylic acids is 1. The maximum absolute atomic E-state index is 11.8. The molecule has 0 spiro atoms. The van der Waals surface area contributed by atoms with Crippen LogP contribution in [0.1, 0.15) is 37.8 Å². The van der Waals surface area contributed by atoms with Crippen LogP contribution in [0, 0.1) is 6.92 Å². The zero-order valence-corrected chi connectivity index (χ0v) is 12.2. The maximum Gasteiger partial charge on any atom is 0.319 e. The molecule has 0 saturated carbocycles. The van der Waals surface area contributed by atoms with E-state index in [2.05, 4.69) is 24.5 Å². The molecule has 0 aromatic heterocycles. The summed E-state index contributed by atoms with van der Waals surface area (Å²) in [6.45, 7) is 9.89. The number of nitrogens with one attached hydrogen (secondary N) is 2. The molecule has 0 bridgehead atoms. The molecule has 1 aromatic rings. The van der Waals surface area contributed by atoms with Crippen LogP contribution in [0.25, 0.3) is 0 Å². The zero-order chi connectivity index (χ0) is 14.3. The lowest BCUT2D eigenvalue weighted by Crippen LogP contribution is -2.32. The van der Waals surface area contributed by atoms with Crippen LogP contribution in [-0.2, 0) is 4.74 Å². The van der Waals surface area contributed by atoms with Crippen molar-refractivity contribution in [2.24, 2.45) is 0 Å². The van der Waals surface area contributed by atoms with Gasteiger partial charge in [0.1, 0.15) is 0 Å². The lowest BCUT2D eigenvalue weighted by molar-refractivity contribution is 0.150. The number of hydrogen-bond acceptors (Lipinski definition) is 2. The van der Waals surface area contributed by atoms with Gasteiger partial charge in [-0.3, -0.25) is 0 Å². The van der Waals surface area contributed by atoms with Gasteiger partial charge in [-0.2, -0.15) is 0 Å². The summed E-state index contributed by atoms with van der Waals surface area (Å²) >= 11 is 0. The van der Waals surface area contributed by atoms with Gasteiger partial charge in [0.15, 0.2) is 0 Å². The summed E-state index contributed by atoms with van der Waals surface area (Å²) in [7, 11) is 0. The van der Waals surface area contributed by atoms with Crippen molar-refractivity contribution in [1.82, 2.24) is 5.32 Å². The highest BCUT2D eigenvalue weighted by Gasteiger charge is 2.11. The van der Waals surface area contributed by atoms with Crippen molar-refractivity contribution in [2.45, 2.75) is 33.6 Å². The monoisotopic (exact) mass is 264 g/mol. The van der Waals surface area contributed by atoms with Crippen molar-refractivity contribution in [1.29, 1.82) is 0 Å². The van der Waals surface area contributed by atoms with Crippen molar-refractivity contribution in [3.8, 4) is 0 Å². The molecule has 1 rings (SSSR count). The third-order valence-corrected chi connectivity index (χ3v) is 2.90. The zero-order valence-electron chi connectivity index (χ0n) is 12.2. The minimum Gasteiger partial charge on any atom is -0.380 e. The van der Waals surface area contributed by atoms with Crippen LogP contribution in [0.2, 0.25) is 0 Å². The average Bonchev–Trinajstić information content (AvgIpc) is 2.37. The fourth-order valence-electron chi connectivity index (χ4n) is 1.88. The number of para-hydroxylation sites is 1. The Hall–Kier alpha value is -1.55. The Balaban J connectivity index is 2.63. The molecule has 0 atom stereocenters. The Morgan fingerprint density at radius 1 is 1.37 bits per heavy atom. The third-order valence-electron chi connectivity index (χ3n) is 2.90. The number of ether oxygens (including phenoxy) is 1. The number of rotatable bonds is 6. The van der Waals surface area contributed by atoms with E-state index < -0.39 is 0 Å². The molecular weight excluding hydrogens is 240 g/mol. The molecule has 0 radical (unpaired) electrons. The summed E-state index contributed by atoms with van der Waals surface area (Å²) in [6.07, 6.45) is 0. The molecule has 2 amide bonds.